The average Bonchev–Trinajstić information content (AvgIpc) is 2.56. The van der Waals surface area contributed by atoms with Gasteiger partial charge in [0.2, 0.25) is 5.91 Å². The molecular formula is C18H25NO6. The van der Waals surface area contributed by atoms with Crippen molar-refractivity contribution >= 4 is 11.9 Å². The molecule has 2 rings (SSSR count). The Labute approximate surface area is 147 Å². The molecule has 0 atom stereocenters. The number of carboxylic acid groups (broad SMARTS) is 1. The quantitative estimate of drug-likeness (QED) is 0.733. The maximum absolute atomic E-state index is 12.7. The van der Waals surface area contributed by atoms with E-state index in [1.165, 1.54) is 19.1 Å². The lowest BCUT2D eigenvalue weighted by Gasteiger charge is -2.41. The second-order valence-corrected chi connectivity index (χ2v) is 6.28. The van der Waals surface area contributed by atoms with E-state index in [-0.39, 0.29) is 25.4 Å². The minimum Gasteiger partial charge on any atom is -0.497 e. The molecular weight excluding hydrogens is 326 g/mol. The molecule has 1 fully saturated rings. The van der Waals surface area contributed by atoms with E-state index in [4.69, 9.17) is 19.3 Å². The van der Waals surface area contributed by atoms with Gasteiger partial charge in [-0.25, -0.2) is 0 Å². The first-order chi connectivity index (χ1) is 11.9. The van der Waals surface area contributed by atoms with Crippen LogP contribution >= 0.6 is 0 Å². The van der Waals surface area contributed by atoms with Crippen molar-refractivity contribution in [1.82, 2.24) is 4.90 Å². The van der Waals surface area contributed by atoms with Crippen LogP contribution in [0.15, 0.2) is 18.2 Å². The molecule has 1 aliphatic rings. The van der Waals surface area contributed by atoms with Crippen LogP contribution in [0, 0.1) is 0 Å². The maximum atomic E-state index is 12.7. The van der Waals surface area contributed by atoms with Crippen molar-refractivity contribution in [3.63, 3.8) is 0 Å². The largest absolute Gasteiger partial charge is 0.497 e. The Balaban J connectivity index is 2.17. The van der Waals surface area contributed by atoms with E-state index in [1.54, 1.807) is 25.3 Å². The van der Waals surface area contributed by atoms with E-state index in [0.29, 0.717) is 11.5 Å². The number of aliphatic carboxylic acids is 1. The molecule has 0 radical (unpaired) electrons. The third kappa shape index (κ3) is 4.85. The molecule has 0 heterocycles. The van der Waals surface area contributed by atoms with Crippen LogP contribution in [-0.2, 0) is 20.9 Å². The Morgan fingerprint density at radius 1 is 1.12 bits per heavy atom. The van der Waals surface area contributed by atoms with Crippen LogP contribution in [0.2, 0.25) is 0 Å². The van der Waals surface area contributed by atoms with Gasteiger partial charge in [0, 0.05) is 19.7 Å². The van der Waals surface area contributed by atoms with Gasteiger partial charge in [-0.2, -0.15) is 0 Å². The van der Waals surface area contributed by atoms with E-state index in [2.05, 4.69) is 0 Å². The molecule has 1 amide bonds. The molecule has 1 aliphatic carbocycles. The SMILES string of the molecule is COc1cc(CN(CC(=O)O)C(=O)CC2(OC)CCC2)cc(OC)c1. The number of rotatable bonds is 9. The fourth-order valence-corrected chi connectivity index (χ4v) is 2.99. The summed E-state index contributed by atoms with van der Waals surface area (Å²) in [5.41, 5.74) is 0.297. The number of hydrogen-bond donors (Lipinski definition) is 1. The summed E-state index contributed by atoms with van der Waals surface area (Å²) in [7, 11) is 4.68. The predicted molar refractivity (Wildman–Crippen MR) is 90.8 cm³/mol. The molecule has 1 saturated carbocycles. The standard InChI is InChI=1S/C18H25NO6/c1-23-14-7-13(8-15(9-14)24-2)11-19(12-17(21)22)16(20)10-18(25-3)5-4-6-18/h7-9H,4-6,10-12H2,1-3H3,(H,21,22). The van der Waals surface area contributed by atoms with Gasteiger partial charge in [0.1, 0.15) is 18.0 Å². The first-order valence-electron chi connectivity index (χ1n) is 8.18. The molecule has 0 spiro atoms. The number of hydrogen-bond acceptors (Lipinski definition) is 5. The molecule has 138 valence electrons. The third-order valence-electron chi connectivity index (χ3n) is 4.63. The zero-order chi connectivity index (χ0) is 18.4. The van der Waals surface area contributed by atoms with Gasteiger partial charge in [-0.15, -0.1) is 0 Å². The topological polar surface area (TPSA) is 85.3 Å². The van der Waals surface area contributed by atoms with Gasteiger partial charge in [-0.3, -0.25) is 9.59 Å². The third-order valence-corrected chi connectivity index (χ3v) is 4.63. The van der Waals surface area contributed by atoms with Crippen LogP contribution in [0.25, 0.3) is 0 Å². The first kappa shape index (κ1) is 19.1. The fraction of sp³-hybridized carbons (Fsp3) is 0.556. The smallest absolute Gasteiger partial charge is 0.323 e. The highest BCUT2D eigenvalue weighted by molar-refractivity contribution is 5.82. The maximum Gasteiger partial charge on any atom is 0.323 e. The normalized spacial score (nSPS) is 15.2. The van der Waals surface area contributed by atoms with E-state index >= 15 is 0 Å². The summed E-state index contributed by atoms with van der Waals surface area (Å²) < 4.78 is 15.9. The molecule has 0 saturated heterocycles. The molecule has 25 heavy (non-hydrogen) atoms. The van der Waals surface area contributed by atoms with Gasteiger partial charge in [0.15, 0.2) is 0 Å². The van der Waals surface area contributed by atoms with E-state index in [9.17, 15) is 9.59 Å². The minimum atomic E-state index is -1.05. The predicted octanol–water partition coefficient (Wildman–Crippen LogP) is 2.08. The van der Waals surface area contributed by atoms with Crippen molar-refractivity contribution < 1.29 is 28.9 Å². The summed E-state index contributed by atoms with van der Waals surface area (Å²) >= 11 is 0. The summed E-state index contributed by atoms with van der Waals surface area (Å²) in [6.07, 6.45) is 2.86. The van der Waals surface area contributed by atoms with E-state index < -0.39 is 11.6 Å². The van der Waals surface area contributed by atoms with Crippen LogP contribution in [0.4, 0.5) is 0 Å². The Morgan fingerprint density at radius 2 is 1.72 bits per heavy atom. The van der Waals surface area contributed by atoms with Gasteiger partial charge >= 0.3 is 5.97 Å². The van der Waals surface area contributed by atoms with Crippen LogP contribution in [0.5, 0.6) is 11.5 Å². The molecule has 0 bridgehead atoms. The van der Waals surface area contributed by atoms with Gasteiger partial charge in [0.25, 0.3) is 0 Å². The van der Waals surface area contributed by atoms with Crippen molar-refractivity contribution in [1.29, 1.82) is 0 Å². The van der Waals surface area contributed by atoms with Gasteiger partial charge in [-0.05, 0) is 37.0 Å². The molecule has 0 aliphatic heterocycles. The molecule has 1 N–H and O–H groups in total. The van der Waals surface area contributed by atoms with Crippen molar-refractivity contribution in [3.8, 4) is 11.5 Å². The van der Waals surface area contributed by atoms with Crippen LogP contribution in [-0.4, -0.2) is 55.4 Å². The molecule has 1 aromatic carbocycles. The summed E-state index contributed by atoms with van der Waals surface area (Å²) in [6.45, 7) is -0.198. The van der Waals surface area contributed by atoms with Crippen LogP contribution < -0.4 is 9.47 Å². The molecule has 0 aromatic heterocycles. The van der Waals surface area contributed by atoms with Gasteiger partial charge in [-0.1, -0.05) is 0 Å². The summed E-state index contributed by atoms with van der Waals surface area (Å²) in [6, 6.07) is 5.25. The number of nitrogens with zero attached hydrogens (tertiary/aromatic N) is 1. The minimum absolute atomic E-state index is 0.165. The highest BCUT2D eigenvalue weighted by Gasteiger charge is 2.40. The van der Waals surface area contributed by atoms with E-state index in [0.717, 1.165) is 24.8 Å². The first-order valence-corrected chi connectivity index (χ1v) is 8.18. The molecule has 7 nitrogen and oxygen atoms in total. The van der Waals surface area contributed by atoms with Crippen molar-refractivity contribution in [3.05, 3.63) is 23.8 Å². The number of ether oxygens (including phenoxy) is 3. The second-order valence-electron chi connectivity index (χ2n) is 6.28. The molecule has 1 aromatic rings. The number of carboxylic acids is 1. The number of carbonyl (C=O) groups excluding carboxylic acids is 1. The lowest BCUT2D eigenvalue weighted by Crippen LogP contribution is -2.46. The number of benzene rings is 1. The number of carbonyl (C=O) groups is 2. The number of methoxy groups -OCH3 is 3. The summed E-state index contributed by atoms with van der Waals surface area (Å²) in [4.78, 5) is 25.2. The monoisotopic (exact) mass is 351 g/mol. The van der Waals surface area contributed by atoms with Crippen LogP contribution in [0.1, 0.15) is 31.2 Å². The van der Waals surface area contributed by atoms with Crippen molar-refractivity contribution in [2.75, 3.05) is 27.9 Å². The summed E-state index contributed by atoms with van der Waals surface area (Å²) in [5, 5.41) is 9.16. The Hall–Kier alpha value is -2.28. The molecule has 0 unspecified atom stereocenters. The van der Waals surface area contributed by atoms with Crippen LogP contribution in [0.3, 0.4) is 0 Å². The van der Waals surface area contributed by atoms with Gasteiger partial charge in [0.05, 0.1) is 26.2 Å². The zero-order valence-electron chi connectivity index (χ0n) is 14.9. The fourth-order valence-electron chi connectivity index (χ4n) is 2.99. The lowest BCUT2D eigenvalue weighted by molar-refractivity contribution is -0.151. The average molecular weight is 351 g/mol. The van der Waals surface area contributed by atoms with E-state index in [1.807, 2.05) is 0 Å². The Kier molecular flexibility index (Phi) is 6.25. The van der Waals surface area contributed by atoms with Crippen molar-refractivity contribution in [2.45, 2.75) is 37.8 Å². The zero-order valence-corrected chi connectivity index (χ0v) is 14.9. The van der Waals surface area contributed by atoms with Gasteiger partial charge < -0.3 is 24.2 Å². The lowest BCUT2D eigenvalue weighted by atomic mass is 9.77. The highest BCUT2D eigenvalue weighted by Crippen LogP contribution is 2.38. The Morgan fingerprint density at radius 3 is 2.12 bits per heavy atom. The molecule has 7 heteroatoms. The number of amides is 1. The summed E-state index contributed by atoms with van der Waals surface area (Å²) in [5.74, 6) is -0.108. The Bertz CT molecular complexity index is 598. The van der Waals surface area contributed by atoms with Crippen molar-refractivity contribution in [2.24, 2.45) is 0 Å². The highest BCUT2D eigenvalue weighted by atomic mass is 16.5. The second kappa shape index (κ2) is 8.20.